The summed E-state index contributed by atoms with van der Waals surface area (Å²) in [6.45, 7) is 0.255. The summed E-state index contributed by atoms with van der Waals surface area (Å²) in [5.41, 5.74) is 5.69. The van der Waals surface area contributed by atoms with Gasteiger partial charge in [-0.25, -0.2) is 10.1 Å². The van der Waals surface area contributed by atoms with E-state index in [2.05, 4.69) is 32.3 Å². The van der Waals surface area contributed by atoms with Crippen molar-refractivity contribution in [3.05, 3.63) is 52.1 Å². The Morgan fingerprint density at radius 2 is 2.25 bits per heavy atom. The Morgan fingerprint density at radius 1 is 1.40 bits per heavy atom. The van der Waals surface area contributed by atoms with E-state index in [0.29, 0.717) is 11.4 Å². The first-order chi connectivity index (χ1) is 9.69. The molecule has 2 aromatic heterocycles. The first-order valence-electron chi connectivity index (χ1n) is 5.71. The minimum absolute atomic E-state index is 0.0878. The van der Waals surface area contributed by atoms with Crippen LogP contribution in [0.25, 0.3) is 0 Å². The van der Waals surface area contributed by atoms with E-state index in [1.807, 2.05) is 0 Å². The molecule has 0 aromatic carbocycles. The average molecular weight is 269 g/mol. The molecule has 1 amide bonds. The molecule has 2 heterocycles. The fourth-order valence-corrected chi connectivity index (χ4v) is 1.38. The highest BCUT2D eigenvalue weighted by Gasteiger charge is 2.08. The third kappa shape index (κ3) is 3.51. The van der Waals surface area contributed by atoms with E-state index in [0.717, 1.165) is 0 Å². The van der Waals surface area contributed by atoms with Crippen molar-refractivity contribution < 1.29 is 4.79 Å². The second-order valence-electron chi connectivity index (χ2n) is 3.70. The lowest BCUT2D eigenvalue weighted by molar-refractivity contribution is 0.102. The van der Waals surface area contributed by atoms with Gasteiger partial charge in [-0.05, 0) is 18.2 Å². The minimum atomic E-state index is -0.474. The number of amides is 1. The lowest BCUT2D eigenvalue weighted by Gasteiger charge is -2.03. The van der Waals surface area contributed by atoms with Crippen molar-refractivity contribution in [3.8, 4) is 11.8 Å². The number of rotatable bonds is 2. The number of nitrogens with zero attached hydrogens (tertiary/aromatic N) is 2. The number of pyridine rings is 1. The Hall–Kier alpha value is -2.98. The summed E-state index contributed by atoms with van der Waals surface area (Å²) in [5.74, 6) is 5.41. The number of aromatic nitrogens is 3. The normalized spacial score (nSPS) is 9.45. The smallest absolute Gasteiger partial charge is 0.277 e. The zero-order valence-electron chi connectivity index (χ0n) is 10.4. The number of carbonyl (C=O) groups is 1. The molecule has 20 heavy (non-hydrogen) atoms. The van der Waals surface area contributed by atoms with E-state index in [1.54, 1.807) is 12.1 Å². The van der Waals surface area contributed by atoms with Crippen LogP contribution in [0, 0.1) is 11.8 Å². The molecule has 0 saturated carbocycles. The number of hydrogen-bond donors (Lipinski definition) is 3. The van der Waals surface area contributed by atoms with Crippen LogP contribution >= 0.6 is 0 Å². The van der Waals surface area contributed by atoms with E-state index >= 15 is 0 Å². The first-order valence-corrected chi connectivity index (χ1v) is 5.71. The minimum Gasteiger partial charge on any atom is -0.320 e. The molecule has 4 N–H and O–H groups in total. The van der Waals surface area contributed by atoms with Gasteiger partial charge in [0, 0.05) is 17.8 Å². The molecule has 0 spiro atoms. The molecule has 7 heteroatoms. The van der Waals surface area contributed by atoms with Crippen LogP contribution in [-0.2, 0) is 0 Å². The number of hydrogen-bond acceptors (Lipinski definition) is 5. The number of aromatic amines is 1. The van der Waals surface area contributed by atoms with E-state index in [-0.39, 0.29) is 17.8 Å². The Morgan fingerprint density at radius 3 is 2.95 bits per heavy atom. The Labute approximate surface area is 114 Å². The van der Waals surface area contributed by atoms with Gasteiger partial charge in [0.1, 0.15) is 11.5 Å². The third-order valence-electron chi connectivity index (χ3n) is 2.25. The van der Waals surface area contributed by atoms with Gasteiger partial charge in [0.05, 0.1) is 6.54 Å². The molecule has 7 nitrogen and oxygen atoms in total. The summed E-state index contributed by atoms with van der Waals surface area (Å²) in [5, 5.41) is 8.37. The second-order valence-corrected chi connectivity index (χ2v) is 3.70. The Bertz CT molecular complexity index is 722. The first kappa shape index (κ1) is 13.5. The van der Waals surface area contributed by atoms with Crippen LogP contribution in [0.2, 0.25) is 0 Å². The average Bonchev–Trinajstić information content (AvgIpc) is 2.46. The molecule has 2 aromatic rings. The van der Waals surface area contributed by atoms with Crippen molar-refractivity contribution >= 4 is 11.7 Å². The van der Waals surface area contributed by atoms with Crippen LogP contribution in [0.4, 0.5) is 5.82 Å². The lowest BCUT2D eigenvalue weighted by atomic mass is 10.2. The highest BCUT2D eigenvalue weighted by molar-refractivity contribution is 6.02. The SMILES string of the molecule is NCC#Cc1ccnc(NC(=O)c2ccc(=O)[nH]n2)c1. The molecule has 0 radical (unpaired) electrons. The van der Waals surface area contributed by atoms with Gasteiger partial charge in [-0.3, -0.25) is 9.59 Å². The molecule has 0 aliphatic rings. The maximum atomic E-state index is 11.9. The number of H-pyrrole nitrogens is 1. The Kier molecular flexibility index (Phi) is 4.21. The van der Waals surface area contributed by atoms with Crippen LogP contribution < -0.4 is 16.6 Å². The Balaban J connectivity index is 2.15. The number of anilines is 1. The molecule has 0 aliphatic carbocycles. The van der Waals surface area contributed by atoms with Gasteiger partial charge in [-0.15, -0.1) is 0 Å². The largest absolute Gasteiger partial charge is 0.320 e. The zero-order valence-corrected chi connectivity index (χ0v) is 10.4. The maximum Gasteiger partial charge on any atom is 0.277 e. The number of nitrogens with one attached hydrogen (secondary N) is 2. The van der Waals surface area contributed by atoms with Crippen molar-refractivity contribution in [2.24, 2.45) is 5.73 Å². The predicted octanol–water partition coefficient (Wildman–Crippen LogP) is -0.273. The summed E-state index contributed by atoms with van der Waals surface area (Å²) >= 11 is 0. The van der Waals surface area contributed by atoms with Gasteiger partial charge in [0.15, 0.2) is 0 Å². The van der Waals surface area contributed by atoms with Crippen molar-refractivity contribution in [1.29, 1.82) is 0 Å². The van der Waals surface area contributed by atoms with Gasteiger partial charge in [0.2, 0.25) is 0 Å². The van der Waals surface area contributed by atoms with Gasteiger partial charge < -0.3 is 11.1 Å². The molecule has 2 rings (SSSR count). The van der Waals surface area contributed by atoms with Crippen LogP contribution in [0.15, 0.2) is 35.3 Å². The number of nitrogens with two attached hydrogens (primary N) is 1. The standard InChI is InChI=1S/C13H11N5O2/c14-6-1-2-9-5-7-15-11(8-9)16-13(20)10-3-4-12(19)18-17-10/h3-5,7-8H,6,14H2,(H,18,19)(H,15,16,20). The maximum absolute atomic E-state index is 11.9. The summed E-state index contributed by atoms with van der Waals surface area (Å²) in [7, 11) is 0. The molecule has 0 unspecified atom stereocenters. The number of carbonyl (C=O) groups excluding carboxylic acids is 1. The van der Waals surface area contributed by atoms with Crippen LogP contribution in [-0.4, -0.2) is 27.6 Å². The fraction of sp³-hybridized carbons (Fsp3) is 0.0769. The van der Waals surface area contributed by atoms with Gasteiger partial charge in [-0.2, -0.15) is 5.10 Å². The van der Waals surface area contributed by atoms with E-state index in [4.69, 9.17) is 5.73 Å². The van der Waals surface area contributed by atoms with Crippen LogP contribution in [0.1, 0.15) is 16.1 Å². The molecular weight excluding hydrogens is 258 g/mol. The molecule has 0 aliphatic heterocycles. The quantitative estimate of drug-likeness (QED) is 0.649. The molecule has 0 saturated heterocycles. The van der Waals surface area contributed by atoms with Crippen molar-refractivity contribution in [2.45, 2.75) is 0 Å². The molecular formula is C13H11N5O2. The molecule has 0 bridgehead atoms. The van der Waals surface area contributed by atoms with Crippen molar-refractivity contribution in [3.63, 3.8) is 0 Å². The zero-order chi connectivity index (χ0) is 14.4. The van der Waals surface area contributed by atoms with Crippen LogP contribution in [0.3, 0.4) is 0 Å². The summed E-state index contributed by atoms with van der Waals surface area (Å²) in [4.78, 5) is 26.7. The van der Waals surface area contributed by atoms with E-state index in [1.165, 1.54) is 18.3 Å². The molecule has 0 atom stereocenters. The van der Waals surface area contributed by atoms with Gasteiger partial charge >= 0.3 is 0 Å². The van der Waals surface area contributed by atoms with E-state index in [9.17, 15) is 9.59 Å². The van der Waals surface area contributed by atoms with Crippen molar-refractivity contribution in [1.82, 2.24) is 15.2 Å². The predicted molar refractivity (Wildman–Crippen MR) is 73.0 cm³/mol. The van der Waals surface area contributed by atoms with Gasteiger partial charge in [0.25, 0.3) is 11.5 Å². The highest BCUT2D eigenvalue weighted by Crippen LogP contribution is 2.06. The summed E-state index contributed by atoms with van der Waals surface area (Å²) < 4.78 is 0. The fourth-order valence-electron chi connectivity index (χ4n) is 1.38. The summed E-state index contributed by atoms with van der Waals surface area (Å²) in [6, 6.07) is 5.87. The highest BCUT2D eigenvalue weighted by atomic mass is 16.2. The monoisotopic (exact) mass is 269 g/mol. The van der Waals surface area contributed by atoms with Crippen molar-refractivity contribution in [2.75, 3.05) is 11.9 Å². The molecule has 100 valence electrons. The van der Waals surface area contributed by atoms with E-state index < -0.39 is 5.91 Å². The summed E-state index contributed by atoms with van der Waals surface area (Å²) in [6.07, 6.45) is 1.52. The van der Waals surface area contributed by atoms with Crippen LogP contribution in [0.5, 0.6) is 0 Å². The third-order valence-corrected chi connectivity index (χ3v) is 2.25. The topological polar surface area (TPSA) is 114 Å². The second kappa shape index (κ2) is 6.26. The lowest BCUT2D eigenvalue weighted by Crippen LogP contribution is -2.18. The van der Waals surface area contributed by atoms with Gasteiger partial charge in [-0.1, -0.05) is 11.8 Å². The molecule has 0 fully saturated rings.